The number of benzene rings is 1. The van der Waals surface area contributed by atoms with Gasteiger partial charge in [0.15, 0.2) is 11.5 Å². The first-order valence-corrected chi connectivity index (χ1v) is 9.15. The number of likely N-dealkylation sites (N-methyl/N-ethyl adjacent to an activating group) is 1. The van der Waals surface area contributed by atoms with Gasteiger partial charge in [-0.1, -0.05) is 0 Å². The maximum absolute atomic E-state index is 5.83. The van der Waals surface area contributed by atoms with Gasteiger partial charge >= 0.3 is 0 Å². The summed E-state index contributed by atoms with van der Waals surface area (Å²) in [4.78, 5) is 6.79. The highest BCUT2D eigenvalue weighted by Crippen LogP contribution is 2.37. The van der Waals surface area contributed by atoms with E-state index in [0.29, 0.717) is 19.3 Å². The molecule has 3 rings (SSSR count). The molecule has 0 saturated carbocycles. The first kappa shape index (κ1) is 18.5. The SMILES string of the molecule is COc1cc2c(cc1CN(C)[C@@H](C)Cc1cc(C)ccn1)OCCCO2. The lowest BCUT2D eigenvalue weighted by atomic mass is 10.1. The van der Waals surface area contributed by atoms with Gasteiger partial charge < -0.3 is 14.2 Å². The first-order valence-electron chi connectivity index (χ1n) is 9.15. The fourth-order valence-corrected chi connectivity index (χ4v) is 3.14. The number of ether oxygens (including phenoxy) is 3. The van der Waals surface area contributed by atoms with Crippen LogP contribution in [0.1, 0.15) is 30.2 Å². The highest BCUT2D eigenvalue weighted by molar-refractivity contribution is 5.51. The molecule has 26 heavy (non-hydrogen) atoms. The molecule has 0 N–H and O–H groups in total. The number of aromatic nitrogens is 1. The van der Waals surface area contributed by atoms with Crippen LogP contribution in [0.4, 0.5) is 0 Å². The van der Waals surface area contributed by atoms with Gasteiger partial charge in [-0.2, -0.15) is 0 Å². The molecular weight excluding hydrogens is 328 g/mol. The van der Waals surface area contributed by atoms with E-state index in [1.54, 1.807) is 7.11 Å². The molecule has 1 aromatic heterocycles. The topological polar surface area (TPSA) is 43.8 Å². The van der Waals surface area contributed by atoms with Crippen molar-refractivity contribution < 1.29 is 14.2 Å². The van der Waals surface area contributed by atoms with Crippen molar-refractivity contribution in [2.75, 3.05) is 27.4 Å². The minimum Gasteiger partial charge on any atom is -0.496 e. The van der Waals surface area contributed by atoms with Crippen LogP contribution in [0.15, 0.2) is 30.5 Å². The average Bonchev–Trinajstić information content (AvgIpc) is 2.85. The summed E-state index contributed by atoms with van der Waals surface area (Å²) in [6.07, 6.45) is 3.68. The molecule has 0 saturated heterocycles. The molecule has 5 heteroatoms. The number of hydrogen-bond donors (Lipinski definition) is 0. The summed E-state index contributed by atoms with van der Waals surface area (Å²) in [7, 11) is 3.83. The molecule has 2 aromatic rings. The Hall–Kier alpha value is -2.27. The Morgan fingerprint density at radius 3 is 2.62 bits per heavy atom. The molecular formula is C21H28N2O3. The second-order valence-corrected chi connectivity index (χ2v) is 6.95. The van der Waals surface area contributed by atoms with Crippen molar-refractivity contribution in [3.8, 4) is 17.2 Å². The van der Waals surface area contributed by atoms with E-state index in [1.807, 2.05) is 24.4 Å². The smallest absolute Gasteiger partial charge is 0.164 e. The molecule has 2 heterocycles. The maximum Gasteiger partial charge on any atom is 0.164 e. The first-order chi connectivity index (χ1) is 12.6. The number of pyridine rings is 1. The molecule has 1 aliphatic heterocycles. The maximum atomic E-state index is 5.83. The van der Waals surface area contributed by atoms with E-state index in [9.17, 15) is 0 Å². The summed E-state index contributed by atoms with van der Waals surface area (Å²) >= 11 is 0. The number of rotatable bonds is 6. The molecule has 0 fully saturated rings. The molecule has 0 amide bonds. The van der Waals surface area contributed by atoms with Crippen molar-refractivity contribution in [3.05, 3.63) is 47.3 Å². The van der Waals surface area contributed by atoms with Crippen LogP contribution in [0.3, 0.4) is 0 Å². The van der Waals surface area contributed by atoms with Crippen LogP contribution in [0.2, 0.25) is 0 Å². The molecule has 1 atom stereocenters. The lowest BCUT2D eigenvalue weighted by Gasteiger charge is -2.26. The number of methoxy groups -OCH3 is 1. The fraction of sp³-hybridized carbons (Fsp3) is 0.476. The molecule has 1 aromatic carbocycles. The lowest BCUT2D eigenvalue weighted by molar-refractivity contribution is 0.242. The Morgan fingerprint density at radius 1 is 1.19 bits per heavy atom. The third kappa shape index (κ3) is 4.47. The molecule has 0 bridgehead atoms. The number of fused-ring (bicyclic) bond motifs is 1. The minimum atomic E-state index is 0.352. The van der Waals surface area contributed by atoms with Gasteiger partial charge in [0.2, 0.25) is 0 Å². The van der Waals surface area contributed by atoms with Gasteiger partial charge in [-0.05, 0) is 44.7 Å². The van der Waals surface area contributed by atoms with Crippen LogP contribution in [0.25, 0.3) is 0 Å². The van der Waals surface area contributed by atoms with Gasteiger partial charge in [0, 0.05) is 48.9 Å². The van der Waals surface area contributed by atoms with E-state index in [1.165, 1.54) is 5.56 Å². The monoisotopic (exact) mass is 356 g/mol. The quantitative estimate of drug-likeness (QED) is 0.791. The Morgan fingerprint density at radius 2 is 1.92 bits per heavy atom. The van der Waals surface area contributed by atoms with Crippen molar-refractivity contribution in [1.29, 1.82) is 0 Å². The number of nitrogens with zero attached hydrogens (tertiary/aromatic N) is 2. The zero-order chi connectivity index (χ0) is 18.5. The summed E-state index contributed by atoms with van der Waals surface area (Å²) in [6.45, 7) is 6.45. The number of hydrogen-bond acceptors (Lipinski definition) is 5. The Labute approximate surface area is 155 Å². The Kier molecular flexibility index (Phi) is 5.99. The van der Waals surface area contributed by atoms with Crippen molar-refractivity contribution in [2.45, 2.75) is 39.3 Å². The third-order valence-electron chi connectivity index (χ3n) is 4.80. The fourth-order valence-electron chi connectivity index (χ4n) is 3.14. The molecule has 0 spiro atoms. The van der Waals surface area contributed by atoms with Gasteiger partial charge in [0.25, 0.3) is 0 Å². The van der Waals surface area contributed by atoms with Crippen molar-refractivity contribution in [2.24, 2.45) is 0 Å². The standard InChI is InChI=1S/C21H28N2O3/c1-15-6-7-22-18(10-15)11-16(2)23(3)14-17-12-20-21(13-19(17)24-4)26-9-5-8-25-20/h6-7,10,12-13,16H,5,8-9,11,14H2,1-4H3/t16-/m0/s1. The normalized spacial score (nSPS) is 14.8. The van der Waals surface area contributed by atoms with Crippen LogP contribution < -0.4 is 14.2 Å². The van der Waals surface area contributed by atoms with Gasteiger partial charge in [0.05, 0.1) is 20.3 Å². The summed E-state index contributed by atoms with van der Waals surface area (Å²) in [5.74, 6) is 2.41. The zero-order valence-corrected chi connectivity index (χ0v) is 16.1. The largest absolute Gasteiger partial charge is 0.496 e. The summed E-state index contributed by atoms with van der Waals surface area (Å²) < 4.78 is 17.2. The van der Waals surface area contributed by atoms with Gasteiger partial charge in [-0.15, -0.1) is 0 Å². The van der Waals surface area contributed by atoms with Crippen molar-refractivity contribution in [1.82, 2.24) is 9.88 Å². The third-order valence-corrected chi connectivity index (χ3v) is 4.80. The predicted molar refractivity (Wildman–Crippen MR) is 102 cm³/mol. The number of aryl methyl sites for hydroxylation is 1. The van der Waals surface area contributed by atoms with E-state index >= 15 is 0 Å². The van der Waals surface area contributed by atoms with Gasteiger partial charge in [0.1, 0.15) is 5.75 Å². The van der Waals surface area contributed by atoms with Crippen LogP contribution in [-0.2, 0) is 13.0 Å². The summed E-state index contributed by atoms with van der Waals surface area (Å²) in [5.41, 5.74) is 3.47. The van der Waals surface area contributed by atoms with E-state index in [0.717, 1.165) is 47.9 Å². The molecule has 0 unspecified atom stereocenters. The van der Waals surface area contributed by atoms with E-state index in [4.69, 9.17) is 14.2 Å². The molecule has 140 valence electrons. The minimum absolute atomic E-state index is 0.352. The highest BCUT2D eigenvalue weighted by Gasteiger charge is 2.18. The Bertz CT molecular complexity index is 748. The zero-order valence-electron chi connectivity index (χ0n) is 16.1. The second-order valence-electron chi connectivity index (χ2n) is 6.95. The second kappa shape index (κ2) is 8.41. The average molecular weight is 356 g/mol. The van der Waals surface area contributed by atoms with E-state index in [-0.39, 0.29) is 0 Å². The van der Waals surface area contributed by atoms with Gasteiger partial charge in [-0.3, -0.25) is 9.88 Å². The predicted octanol–water partition coefficient (Wildman–Crippen LogP) is 3.62. The van der Waals surface area contributed by atoms with Crippen LogP contribution in [0, 0.1) is 6.92 Å². The van der Waals surface area contributed by atoms with E-state index in [2.05, 4.69) is 36.8 Å². The summed E-state index contributed by atoms with van der Waals surface area (Å²) in [6, 6.07) is 8.52. The van der Waals surface area contributed by atoms with Crippen LogP contribution >= 0.6 is 0 Å². The highest BCUT2D eigenvalue weighted by atomic mass is 16.5. The Balaban J connectivity index is 1.73. The van der Waals surface area contributed by atoms with Gasteiger partial charge in [-0.25, -0.2) is 0 Å². The van der Waals surface area contributed by atoms with Crippen molar-refractivity contribution >= 4 is 0 Å². The molecule has 0 radical (unpaired) electrons. The lowest BCUT2D eigenvalue weighted by Crippen LogP contribution is -2.30. The van der Waals surface area contributed by atoms with Crippen molar-refractivity contribution in [3.63, 3.8) is 0 Å². The molecule has 0 aliphatic carbocycles. The molecule has 1 aliphatic rings. The molecule has 5 nitrogen and oxygen atoms in total. The van der Waals surface area contributed by atoms with Crippen LogP contribution in [0.5, 0.6) is 17.2 Å². The summed E-state index contributed by atoms with van der Waals surface area (Å²) in [5, 5.41) is 0. The van der Waals surface area contributed by atoms with E-state index < -0.39 is 0 Å². The van der Waals surface area contributed by atoms with Crippen LogP contribution in [-0.4, -0.2) is 43.3 Å².